The molecule has 0 aliphatic carbocycles. The van der Waals surface area contributed by atoms with Crippen molar-refractivity contribution in [2.45, 2.75) is 31.7 Å². The van der Waals surface area contributed by atoms with Crippen LogP contribution in [0.15, 0.2) is 53.4 Å². The molecule has 0 spiro atoms. The van der Waals surface area contributed by atoms with Crippen molar-refractivity contribution in [3.63, 3.8) is 0 Å². The minimum Gasteiger partial charge on any atom is -0.313 e. The fourth-order valence-corrected chi connectivity index (χ4v) is 7.51. The van der Waals surface area contributed by atoms with E-state index in [4.69, 9.17) is 4.98 Å². The Morgan fingerprint density at radius 3 is 2.71 bits per heavy atom. The van der Waals surface area contributed by atoms with Crippen molar-refractivity contribution in [3.05, 3.63) is 64.5 Å². The van der Waals surface area contributed by atoms with E-state index in [1.54, 1.807) is 41.7 Å². The van der Waals surface area contributed by atoms with Gasteiger partial charge in [-0.15, -0.1) is 22.7 Å². The van der Waals surface area contributed by atoms with Crippen molar-refractivity contribution in [2.75, 3.05) is 24.2 Å². The van der Waals surface area contributed by atoms with E-state index in [-0.39, 0.29) is 16.6 Å². The maximum Gasteiger partial charge on any atom is 0.256 e. The predicted molar refractivity (Wildman–Crippen MR) is 140 cm³/mol. The number of fused-ring (bicyclic) bond motifs is 2. The summed E-state index contributed by atoms with van der Waals surface area (Å²) in [5.74, 6) is -0.327. The number of likely N-dealkylation sites (N-methyl/N-ethyl adjacent to an activating group) is 1. The van der Waals surface area contributed by atoms with Crippen LogP contribution in [0.5, 0.6) is 0 Å². The number of para-hydroxylation sites is 1. The summed E-state index contributed by atoms with van der Waals surface area (Å²) in [4.78, 5) is 21.9. The molecular weight excluding hydrogens is 486 g/mol. The fourth-order valence-electron chi connectivity index (χ4n) is 4.19. The van der Waals surface area contributed by atoms with Gasteiger partial charge in [0.15, 0.2) is 9.84 Å². The summed E-state index contributed by atoms with van der Waals surface area (Å²) >= 11 is 3.23. The number of hydrogen-bond donors (Lipinski definition) is 1. The third kappa shape index (κ3) is 4.29. The van der Waals surface area contributed by atoms with Crippen molar-refractivity contribution in [1.82, 2.24) is 9.88 Å². The molecule has 4 aromatic rings. The minimum atomic E-state index is -3.40. The number of anilines is 1. The van der Waals surface area contributed by atoms with Crippen molar-refractivity contribution in [3.8, 4) is 10.6 Å². The van der Waals surface area contributed by atoms with Crippen LogP contribution in [0.25, 0.3) is 20.8 Å². The highest BCUT2D eigenvalue weighted by Crippen LogP contribution is 2.45. The van der Waals surface area contributed by atoms with E-state index in [0.29, 0.717) is 5.56 Å². The second-order valence-corrected chi connectivity index (χ2v) is 12.6. The summed E-state index contributed by atoms with van der Waals surface area (Å²) in [7, 11) is -3.40. The molecule has 0 saturated carbocycles. The van der Waals surface area contributed by atoms with Gasteiger partial charge >= 0.3 is 0 Å². The molecule has 1 aliphatic heterocycles. The fraction of sp³-hybridized carbons (Fsp3) is 0.280. The number of sulfone groups is 1. The van der Waals surface area contributed by atoms with Gasteiger partial charge in [-0.25, -0.2) is 13.4 Å². The van der Waals surface area contributed by atoms with Crippen molar-refractivity contribution < 1.29 is 13.2 Å². The Labute approximate surface area is 207 Å². The van der Waals surface area contributed by atoms with Crippen LogP contribution in [0.1, 0.15) is 34.6 Å². The highest BCUT2D eigenvalue weighted by Gasteiger charge is 2.27. The summed E-state index contributed by atoms with van der Waals surface area (Å²) in [6.07, 6.45) is 0.908. The number of amides is 1. The molecule has 1 N–H and O–H groups in total. The molecule has 0 saturated heterocycles. The number of rotatable bonds is 6. The number of aromatic nitrogens is 1. The third-order valence-electron chi connectivity index (χ3n) is 6.15. The zero-order chi connectivity index (χ0) is 23.9. The van der Waals surface area contributed by atoms with Gasteiger partial charge in [0.05, 0.1) is 20.9 Å². The lowest BCUT2D eigenvalue weighted by atomic mass is 10.0. The normalized spacial score (nSPS) is 14.3. The molecule has 5 rings (SSSR count). The highest BCUT2D eigenvalue weighted by molar-refractivity contribution is 7.91. The van der Waals surface area contributed by atoms with Crippen LogP contribution < -0.4 is 5.32 Å². The number of nitrogens with zero attached hydrogens (tertiary/aromatic N) is 2. The van der Waals surface area contributed by atoms with Gasteiger partial charge in [0, 0.05) is 29.1 Å². The van der Waals surface area contributed by atoms with E-state index >= 15 is 0 Å². The molecule has 1 amide bonds. The van der Waals surface area contributed by atoms with Gasteiger partial charge in [-0.1, -0.05) is 32.0 Å². The average Bonchev–Trinajstić information content (AvgIpc) is 3.44. The summed E-state index contributed by atoms with van der Waals surface area (Å²) in [6, 6.07) is 14.3. The number of thiazole rings is 1. The van der Waals surface area contributed by atoms with Gasteiger partial charge in [0.2, 0.25) is 0 Å². The standard InChI is InChI=1S/C25H25N3O3S3/c1-3-28-13-12-18-21(15-28)33-25(22(18)24-26-19-10-5-6-11-20(19)32-24)27-23(29)16-8-7-9-17(14-16)34(30,31)4-2/h5-11,14H,3-4,12-13,15H2,1-2H3,(H,27,29). The van der Waals surface area contributed by atoms with E-state index in [9.17, 15) is 13.2 Å². The smallest absolute Gasteiger partial charge is 0.256 e. The predicted octanol–water partition coefficient (Wildman–Crippen LogP) is 5.45. The quantitative estimate of drug-likeness (QED) is 0.372. The highest BCUT2D eigenvalue weighted by atomic mass is 32.2. The molecule has 0 radical (unpaired) electrons. The van der Waals surface area contributed by atoms with Crippen LogP contribution in [0.4, 0.5) is 5.00 Å². The Morgan fingerprint density at radius 1 is 1.12 bits per heavy atom. The van der Waals surface area contributed by atoms with E-state index in [1.165, 1.54) is 22.6 Å². The molecule has 3 heterocycles. The van der Waals surface area contributed by atoms with Gasteiger partial charge in [0.1, 0.15) is 10.0 Å². The number of thiophene rings is 1. The topological polar surface area (TPSA) is 79.4 Å². The van der Waals surface area contributed by atoms with Crippen LogP contribution in [-0.4, -0.2) is 43.1 Å². The molecule has 0 fully saturated rings. The SMILES string of the molecule is CCN1CCc2c(sc(NC(=O)c3cccc(S(=O)(=O)CC)c3)c2-c2nc3ccccc3s2)C1. The first-order valence-electron chi connectivity index (χ1n) is 11.3. The number of carbonyl (C=O) groups excluding carboxylic acids is 1. The van der Waals surface area contributed by atoms with Crippen LogP contribution in [0, 0.1) is 0 Å². The number of nitrogens with one attached hydrogen (secondary N) is 1. The Bertz CT molecular complexity index is 1450. The number of benzene rings is 2. The summed E-state index contributed by atoms with van der Waals surface area (Å²) in [5, 5.41) is 4.77. The van der Waals surface area contributed by atoms with Crippen LogP contribution in [0.3, 0.4) is 0 Å². The lowest BCUT2D eigenvalue weighted by Gasteiger charge is -2.25. The van der Waals surface area contributed by atoms with E-state index < -0.39 is 9.84 Å². The molecule has 0 bridgehead atoms. The first-order valence-corrected chi connectivity index (χ1v) is 14.5. The average molecular weight is 512 g/mol. The van der Waals surface area contributed by atoms with Crippen molar-refractivity contribution in [1.29, 1.82) is 0 Å². The molecule has 6 nitrogen and oxygen atoms in total. The maximum absolute atomic E-state index is 13.2. The van der Waals surface area contributed by atoms with E-state index in [1.807, 2.05) is 18.2 Å². The lowest BCUT2D eigenvalue weighted by molar-refractivity contribution is 0.102. The number of carbonyl (C=O) groups is 1. The third-order valence-corrected chi connectivity index (χ3v) is 10.1. The summed E-state index contributed by atoms with van der Waals surface area (Å²) in [6.45, 7) is 6.57. The summed E-state index contributed by atoms with van der Waals surface area (Å²) in [5.41, 5.74) is 3.53. The van der Waals surface area contributed by atoms with Gasteiger partial charge in [0.25, 0.3) is 5.91 Å². The second kappa shape index (κ2) is 9.22. The Kier molecular flexibility index (Phi) is 6.28. The van der Waals surface area contributed by atoms with E-state index in [0.717, 1.165) is 51.8 Å². The molecule has 34 heavy (non-hydrogen) atoms. The number of hydrogen-bond acceptors (Lipinski definition) is 7. The molecule has 0 atom stereocenters. The van der Waals surface area contributed by atoms with Gasteiger partial charge in [-0.2, -0.15) is 0 Å². The first-order chi connectivity index (χ1) is 16.4. The molecule has 9 heteroatoms. The van der Waals surface area contributed by atoms with Gasteiger partial charge < -0.3 is 5.32 Å². The molecule has 2 aromatic heterocycles. The first kappa shape index (κ1) is 23.2. The zero-order valence-electron chi connectivity index (χ0n) is 19.0. The van der Waals surface area contributed by atoms with Crippen molar-refractivity contribution >= 4 is 53.6 Å². The zero-order valence-corrected chi connectivity index (χ0v) is 21.4. The van der Waals surface area contributed by atoms with Gasteiger partial charge in [-0.05, 0) is 48.9 Å². The van der Waals surface area contributed by atoms with Gasteiger partial charge in [-0.3, -0.25) is 9.69 Å². The van der Waals surface area contributed by atoms with Crippen molar-refractivity contribution in [2.24, 2.45) is 0 Å². The molecule has 0 unspecified atom stereocenters. The Morgan fingerprint density at radius 2 is 1.94 bits per heavy atom. The lowest BCUT2D eigenvalue weighted by Crippen LogP contribution is -2.29. The molecule has 2 aromatic carbocycles. The van der Waals surface area contributed by atoms with Crippen LogP contribution in [0.2, 0.25) is 0 Å². The molecule has 1 aliphatic rings. The maximum atomic E-state index is 13.2. The molecular formula is C25H25N3O3S3. The monoisotopic (exact) mass is 511 g/mol. The largest absolute Gasteiger partial charge is 0.313 e. The summed E-state index contributed by atoms with van der Waals surface area (Å²) < 4.78 is 25.7. The molecule has 176 valence electrons. The Hall–Kier alpha value is -2.59. The Balaban J connectivity index is 1.56. The minimum absolute atomic E-state index is 0.00853. The van der Waals surface area contributed by atoms with Crippen LogP contribution in [-0.2, 0) is 22.8 Å². The van der Waals surface area contributed by atoms with Crippen LogP contribution >= 0.6 is 22.7 Å². The van der Waals surface area contributed by atoms with E-state index in [2.05, 4.69) is 23.2 Å². The second-order valence-electron chi connectivity index (χ2n) is 8.20.